The first-order valence-corrected chi connectivity index (χ1v) is 10.0. The van der Waals surface area contributed by atoms with Gasteiger partial charge in [-0.2, -0.15) is 0 Å². The van der Waals surface area contributed by atoms with Crippen molar-refractivity contribution >= 4 is 17.6 Å². The molecule has 1 saturated heterocycles. The summed E-state index contributed by atoms with van der Waals surface area (Å²) in [5.74, 6) is 1.68. The number of esters is 1. The number of hydrogen-bond donors (Lipinski definition) is 0. The number of alkyl halides is 1. The van der Waals surface area contributed by atoms with Crippen LogP contribution in [0.25, 0.3) is 0 Å². The van der Waals surface area contributed by atoms with E-state index in [1.54, 1.807) is 21.3 Å². The number of cyclic esters (lactones) is 1. The van der Waals surface area contributed by atoms with E-state index in [9.17, 15) is 4.79 Å². The van der Waals surface area contributed by atoms with Crippen LogP contribution in [0.4, 0.5) is 0 Å². The molecular weight excluding hydrogens is 412 g/mol. The Bertz CT molecular complexity index is 996. The Kier molecular flexibility index (Phi) is 4.58. The van der Waals surface area contributed by atoms with Crippen LogP contribution in [0.15, 0.2) is 24.3 Å². The Morgan fingerprint density at radius 2 is 1.53 bits per heavy atom. The van der Waals surface area contributed by atoms with Gasteiger partial charge in [-0.3, -0.25) is 4.79 Å². The normalized spacial score (nSPS) is 25.9. The smallest absolute Gasteiger partial charge is 0.310 e. The van der Waals surface area contributed by atoms with Gasteiger partial charge in [-0.05, 0) is 41.0 Å². The lowest BCUT2D eigenvalue weighted by atomic mass is 9.67. The maximum absolute atomic E-state index is 12.8. The van der Waals surface area contributed by atoms with E-state index in [1.807, 2.05) is 24.3 Å². The van der Waals surface area contributed by atoms with Crippen molar-refractivity contribution in [3.63, 3.8) is 0 Å². The van der Waals surface area contributed by atoms with Gasteiger partial charge in [-0.1, -0.05) is 0 Å². The SMILES string of the molecule is COc1cc([C@@H]2c3cc4c(cc3[C@H](Cl)[C@@H]3COC(=O)[C@H]23)OCO4)cc(OC)c1OC. The van der Waals surface area contributed by atoms with Crippen LogP contribution in [0.2, 0.25) is 0 Å². The fraction of sp³-hybridized carbons (Fsp3) is 0.409. The summed E-state index contributed by atoms with van der Waals surface area (Å²) in [4.78, 5) is 12.8. The minimum atomic E-state index is -0.428. The van der Waals surface area contributed by atoms with Crippen molar-refractivity contribution in [3.8, 4) is 28.7 Å². The van der Waals surface area contributed by atoms with Gasteiger partial charge in [0.15, 0.2) is 23.0 Å². The van der Waals surface area contributed by atoms with Crippen LogP contribution in [0, 0.1) is 11.8 Å². The minimum Gasteiger partial charge on any atom is -0.493 e. The first kappa shape index (κ1) is 19.2. The fourth-order valence-electron chi connectivity index (χ4n) is 4.78. The Labute approximate surface area is 178 Å². The molecule has 2 heterocycles. The lowest BCUT2D eigenvalue weighted by Gasteiger charge is -2.36. The standard InChI is InChI=1S/C22H21ClO7/c1-25-16-4-10(5-17(26-2)21(16)27-3)18-11-6-14-15(30-9-29-14)7-12(11)20(23)13-8-28-22(24)19(13)18/h4-7,13,18-20H,8-9H2,1-3H3/t13-,18-,19+,20+/m1/s1. The number of benzene rings is 2. The van der Waals surface area contributed by atoms with Crippen LogP contribution in [0.3, 0.4) is 0 Å². The van der Waals surface area contributed by atoms with Gasteiger partial charge in [0.25, 0.3) is 0 Å². The number of hydrogen-bond acceptors (Lipinski definition) is 7. The van der Waals surface area contributed by atoms with Gasteiger partial charge in [0.2, 0.25) is 12.5 Å². The van der Waals surface area contributed by atoms with E-state index in [0.29, 0.717) is 28.7 Å². The number of ether oxygens (including phenoxy) is 6. The van der Waals surface area contributed by atoms with Gasteiger partial charge in [0, 0.05) is 11.8 Å². The topological polar surface area (TPSA) is 72.5 Å². The molecular formula is C22H21ClO7. The number of halogens is 1. The van der Waals surface area contributed by atoms with Crippen molar-refractivity contribution in [2.75, 3.05) is 34.7 Å². The molecule has 0 amide bonds. The number of fused-ring (bicyclic) bond motifs is 3. The molecule has 0 bridgehead atoms. The second-order valence-electron chi connectivity index (χ2n) is 7.49. The molecule has 0 unspecified atom stereocenters. The van der Waals surface area contributed by atoms with Crippen LogP contribution in [-0.4, -0.2) is 40.7 Å². The maximum atomic E-state index is 12.8. The summed E-state index contributed by atoms with van der Waals surface area (Å²) in [6, 6.07) is 7.58. The first-order chi connectivity index (χ1) is 14.6. The van der Waals surface area contributed by atoms with Crippen LogP contribution >= 0.6 is 11.6 Å². The van der Waals surface area contributed by atoms with Gasteiger partial charge in [0.1, 0.15) is 0 Å². The molecule has 7 nitrogen and oxygen atoms in total. The summed E-state index contributed by atoms with van der Waals surface area (Å²) in [5, 5.41) is -0.371. The van der Waals surface area contributed by atoms with E-state index in [4.69, 9.17) is 40.0 Å². The van der Waals surface area contributed by atoms with E-state index < -0.39 is 5.92 Å². The highest BCUT2D eigenvalue weighted by Crippen LogP contribution is 2.57. The Morgan fingerprint density at radius 1 is 0.900 bits per heavy atom. The molecule has 0 spiro atoms. The van der Waals surface area contributed by atoms with Crippen LogP contribution in [0.5, 0.6) is 28.7 Å². The zero-order valence-electron chi connectivity index (χ0n) is 16.8. The van der Waals surface area contributed by atoms with Crippen LogP contribution in [0.1, 0.15) is 28.0 Å². The fourth-order valence-corrected chi connectivity index (χ4v) is 5.19. The van der Waals surface area contributed by atoms with Crippen LogP contribution in [-0.2, 0) is 9.53 Å². The molecule has 8 heteroatoms. The van der Waals surface area contributed by atoms with Gasteiger partial charge >= 0.3 is 5.97 Å². The largest absolute Gasteiger partial charge is 0.493 e. The maximum Gasteiger partial charge on any atom is 0.310 e. The Balaban J connectivity index is 1.74. The molecule has 4 atom stereocenters. The molecule has 0 radical (unpaired) electrons. The highest BCUT2D eigenvalue weighted by atomic mass is 35.5. The van der Waals surface area contributed by atoms with Crippen LogP contribution < -0.4 is 23.7 Å². The van der Waals surface area contributed by atoms with Crippen molar-refractivity contribution in [2.45, 2.75) is 11.3 Å². The van der Waals surface area contributed by atoms with E-state index in [0.717, 1.165) is 16.7 Å². The Hall–Kier alpha value is -2.80. The van der Waals surface area contributed by atoms with Crippen molar-refractivity contribution in [2.24, 2.45) is 11.8 Å². The minimum absolute atomic E-state index is 0.156. The van der Waals surface area contributed by atoms with E-state index >= 15 is 0 Å². The van der Waals surface area contributed by atoms with Gasteiger partial charge in [0.05, 0.1) is 39.2 Å². The predicted octanol–water partition coefficient (Wildman–Crippen LogP) is 3.66. The second kappa shape index (κ2) is 7.16. The zero-order chi connectivity index (χ0) is 21.0. The number of methoxy groups -OCH3 is 3. The monoisotopic (exact) mass is 432 g/mol. The van der Waals surface area contributed by atoms with Gasteiger partial charge < -0.3 is 28.4 Å². The first-order valence-electron chi connectivity index (χ1n) is 9.61. The summed E-state index contributed by atoms with van der Waals surface area (Å²) in [6.45, 7) is 0.446. The average Bonchev–Trinajstić information content (AvgIpc) is 3.38. The number of carbonyl (C=O) groups excluding carboxylic acids is 1. The summed E-state index contributed by atoms with van der Waals surface area (Å²) >= 11 is 6.83. The zero-order valence-corrected chi connectivity index (χ0v) is 17.5. The molecule has 2 aromatic carbocycles. The highest BCUT2D eigenvalue weighted by molar-refractivity contribution is 6.21. The molecule has 1 aliphatic carbocycles. The Morgan fingerprint density at radius 3 is 2.13 bits per heavy atom. The van der Waals surface area contributed by atoms with E-state index in [1.165, 1.54) is 0 Å². The summed E-state index contributed by atoms with van der Waals surface area (Å²) in [6.07, 6.45) is 0. The molecule has 1 fully saturated rings. The molecule has 3 aliphatic rings. The third-order valence-electron chi connectivity index (χ3n) is 6.14. The average molecular weight is 433 g/mol. The molecule has 0 N–H and O–H groups in total. The van der Waals surface area contributed by atoms with Crippen molar-refractivity contribution in [1.82, 2.24) is 0 Å². The quantitative estimate of drug-likeness (QED) is 0.539. The molecule has 30 heavy (non-hydrogen) atoms. The second-order valence-corrected chi connectivity index (χ2v) is 7.96. The molecule has 2 aromatic rings. The third-order valence-corrected chi connectivity index (χ3v) is 6.70. The summed E-state index contributed by atoms with van der Waals surface area (Å²) in [5.41, 5.74) is 2.68. The summed E-state index contributed by atoms with van der Waals surface area (Å²) in [7, 11) is 4.68. The number of rotatable bonds is 4. The molecule has 2 aliphatic heterocycles. The van der Waals surface area contributed by atoms with E-state index in [2.05, 4.69) is 0 Å². The van der Waals surface area contributed by atoms with Crippen molar-refractivity contribution < 1.29 is 33.2 Å². The van der Waals surface area contributed by atoms with Crippen molar-refractivity contribution in [1.29, 1.82) is 0 Å². The van der Waals surface area contributed by atoms with E-state index in [-0.39, 0.29) is 36.6 Å². The number of carbonyl (C=O) groups is 1. The predicted molar refractivity (Wildman–Crippen MR) is 107 cm³/mol. The van der Waals surface area contributed by atoms with Crippen molar-refractivity contribution in [3.05, 3.63) is 41.0 Å². The molecule has 158 valence electrons. The molecule has 5 rings (SSSR count). The lowest BCUT2D eigenvalue weighted by Crippen LogP contribution is -2.33. The van der Waals surface area contributed by atoms with Gasteiger partial charge in [-0.15, -0.1) is 11.6 Å². The lowest BCUT2D eigenvalue weighted by molar-refractivity contribution is -0.141. The molecule has 0 saturated carbocycles. The highest BCUT2D eigenvalue weighted by Gasteiger charge is 2.52. The molecule has 0 aromatic heterocycles. The van der Waals surface area contributed by atoms with Gasteiger partial charge in [-0.25, -0.2) is 0 Å². The third kappa shape index (κ3) is 2.68. The summed E-state index contributed by atoms with van der Waals surface area (Å²) < 4.78 is 33.1.